The number of likely N-dealkylation sites (tertiary alicyclic amines) is 1. The van der Waals surface area contributed by atoms with Gasteiger partial charge in [0.25, 0.3) is 5.91 Å². The molecule has 0 aromatic heterocycles. The molecule has 1 aliphatic carbocycles. The van der Waals surface area contributed by atoms with Gasteiger partial charge in [0, 0.05) is 6.92 Å². The van der Waals surface area contributed by atoms with Crippen LogP contribution in [0.25, 0.3) is 0 Å². The van der Waals surface area contributed by atoms with E-state index in [1.807, 2.05) is 18.2 Å². The van der Waals surface area contributed by atoms with Gasteiger partial charge in [-0.2, -0.15) is 0 Å². The smallest absolute Gasteiger partial charge is 0.303 e. The Morgan fingerprint density at radius 2 is 1.90 bits per heavy atom. The molecule has 0 bridgehead atoms. The lowest BCUT2D eigenvalue weighted by Gasteiger charge is -2.36. The van der Waals surface area contributed by atoms with E-state index in [0.717, 1.165) is 30.2 Å². The van der Waals surface area contributed by atoms with Crippen LogP contribution in [0.3, 0.4) is 0 Å². The zero-order chi connectivity index (χ0) is 22.6. The van der Waals surface area contributed by atoms with Crippen LogP contribution in [-0.2, 0) is 30.3 Å². The van der Waals surface area contributed by atoms with Crippen LogP contribution < -0.4 is 9.47 Å². The van der Waals surface area contributed by atoms with Gasteiger partial charge in [-0.05, 0) is 37.0 Å². The first-order chi connectivity index (χ1) is 14.8. The maximum atomic E-state index is 12.8. The Hall–Kier alpha value is -2.61. The van der Waals surface area contributed by atoms with Gasteiger partial charge in [-0.3, -0.25) is 19.3 Å². The fraction of sp³-hybridized carbons (Fsp3) is 0.591. The minimum atomic E-state index is -2.18. The summed E-state index contributed by atoms with van der Waals surface area (Å²) in [5.41, 5.74) is 1.01. The van der Waals surface area contributed by atoms with E-state index in [1.54, 1.807) is 14.2 Å². The molecule has 1 saturated carbocycles. The number of rotatable bonds is 8. The lowest BCUT2D eigenvalue weighted by Crippen LogP contribution is -2.50. The number of ether oxygens (including phenoxy) is 4. The van der Waals surface area contributed by atoms with E-state index in [1.165, 1.54) is 0 Å². The molecule has 0 N–H and O–H groups in total. The minimum Gasteiger partial charge on any atom is -0.493 e. The van der Waals surface area contributed by atoms with Crippen LogP contribution in [0, 0.1) is 0 Å². The summed E-state index contributed by atoms with van der Waals surface area (Å²) in [6, 6.07) is 5.20. The molecular weight excluding hydrogens is 390 g/mol. The Bertz CT molecular complexity index is 845. The summed E-state index contributed by atoms with van der Waals surface area (Å²) >= 11 is 0. The Balaban J connectivity index is 1.65. The van der Waals surface area contributed by atoms with E-state index >= 15 is 0 Å². The topological polar surface area (TPSA) is 91.4 Å². The van der Waals surface area contributed by atoms with Crippen LogP contribution >= 0.6 is 0 Å². The highest BCUT2D eigenvalue weighted by molar-refractivity contribution is 6.06. The zero-order valence-electron chi connectivity index (χ0n) is 18.6. The summed E-state index contributed by atoms with van der Waals surface area (Å²) in [5, 5.41) is 0. The van der Waals surface area contributed by atoms with Gasteiger partial charge in [0.05, 0.1) is 40.8 Å². The Labute approximate surface area is 177 Å². The number of amides is 2. The monoisotopic (exact) mass is 420 g/mol. The first kappa shape index (κ1) is 20.7. The Kier molecular flexibility index (Phi) is 6.84. The number of esters is 1. The van der Waals surface area contributed by atoms with Gasteiger partial charge in [0.2, 0.25) is 5.91 Å². The van der Waals surface area contributed by atoms with Crippen LogP contribution in [0.5, 0.6) is 11.5 Å². The molecule has 1 saturated heterocycles. The van der Waals surface area contributed by atoms with E-state index in [0.29, 0.717) is 37.4 Å². The number of methoxy groups -OCH3 is 2. The molecule has 2 amide bonds. The average molecular weight is 420 g/mol. The zero-order valence-corrected chi connectivity index (χ0v) is 17.6. The standard InChI is InChI=1S/C22H29NO7/c1-14(24)30-20-13-21(25)23(22(20)26)16-6-4-5-7-17(16)29-11-10-15-8-9-18(27-2)19(12-15)28-3/h8-9,12,16-17,20H,4-7,10-11,13H2,1-3H3/t16-,17-,20?/m1/s1/i20D. The normalized spacial score (nSPS) is 27.0. The lowest BCUT2D eigenvalue weighted by molar-refractivity contribution is -0.158. The van der Waals surface area contributed by atoms with Gasteiger partial charge in [-0.15, -0.1) is 0 Å². The molecule has 1 aliphatic heterocycles. The minimum absolute atomic E-state index is 0.318. The van der Waals surface area contributed by atoms with Crippen molar-refractivity contribution in [1.29, 1.82) is 0 Å². The van der Waals surface area contributed by atoms with Gasteiger partial charge < -0.3 is 18.9 Å². The number of benzene rings is 1. The summed E-state index contributed by atoms with van der Waals surface area (Å²) in [6.45, 7) is 1.53. The molecule has 2 aliphatic rings. The number of hydrogen-bond donors (Lipinski definition) is 0. The third kappa shape index (κ3) is 4.92. The largest absolute Gasteiger partial charge is 0.493 e. The van der Waals surface area contributed by atoms with Crippen molar-refractivity contribution in [3.63, 3.8) is 0 Å². The Morgan fingerprint density at radius 3 is 2.60 bits per heavy atom. The van der Waals surface area contributed by atoms with E-state index in [-0.39, 0.29) is 6.10 Å². The number of imide groups is 1. The van der Waals surface area contributed by atoms with Crippen molar-refractivity contribution >= 4 is 17.8 Å². The van der Waals surface area contributed by atoms with Gasteiger partial charge in [0.15, 0.2) is 17.6 Å². The maximum absolute atomic E-state index is 12.8. The van der Waals surface area contributed by atoms with Crippen molar-refractivity contribution in [2.75, 3.05) is 20.8 Å². The summed E-state index contributed by atoms with van der Waals surface area (Å²) in [6.07, 6.45) is 0.786. The molecule has 2 fully saturated rings. The van der Waals surface area contributed by atoms with Crippen molar-refractivity contribution in [3.8, 4) is 11.5 Å². The first-order valence-corrected chi connectivity index (χ1v) is 10.2. The molecule has 0 spiro atoms. The molecule has 0 radical (unpaired) electrons. The quantitative estimate of drug-likeness (QED) is 0.471. The third-order valence-corrected chi connectivity index (χ3v) is 5.47. The molecule has 3 atom stereocenters. The molecule has 3 rings (SSSR count). The predicted molar refractivity (Wildman–Crippen MR) is 107 cm³/mol. The second kappa shape index (κ2) is 9.93. The first-order valence-electron chi connectivity index (χ1n) is 10.7. The lowest BCUT2D eigenvalue weighted by atomic mass is 9.91. The number of carbonyl (C=O) groups is 3. The highest BCUT2D eigenvalue weighted by Gasteiger charge is 2.47. The second-order valence-electron chi connectivity index (χ2n) is 7.46. The third-order valence-electron chi connectivity index (χ3n) is 5.47. The van der Waals surface area contributed by atoms with E-state index < -0.39 is 36.3 Å². The number of carbonyl (C=O) groups excluding carboxylic acids is 3. The highest BCUT2D eigenvalue weighted by atomic mass is 16.5. The molecule has 1 unspecified atom stereocenters. The highest BCUT2D eigenvalue weighted by Crippen LogP contribution is 2.31. The summed E-state index contributed by atoms with van der Waals surface area (Å²) in [4.78, 5) is 37.8. The molecule has 1 aromatic rings. The van der Waals surface area contributed by atoms with Crippen LogP contribution in [0.15, 0.2) is 18.2 Å². The molecule has 8 nitrogen and oxygen atoms in total. The number of hydrogen-bond acceptors (Lipinski definition) is 7. The van der Waals surface area contributed by atoms with Crippen LogP contribution in [0.4, 0.5) is 0 Å². The van der Waals surface area contributed by atoms with Crippen molar-refractivity contribution in [2.45, 2.75) is 63.7 Å². The second-order valence-corrected chi connectivity index (χ2v) is 7.46. The summed E-state index contributed by atoms with van der Waals surface area (Å²) < 4.78 is 29.7. The van der Waals surface area contributed by atoms with Crippen LogP contribution in [0.2, 0.25) is 0 Å². The fourth-order valence-corrected chi connectivity index (χ4v) is 4.07. The van der Waals surface area contributed by atoms with E-state index in [2.05, 4.69) is 0 Å². The van der Waals surface area contributed by atoms with Crippen LogP contribution in [0.1, 0.15) is 46.0 Å². The number of nitrogens with zero attached hydrogens (tertiary/aromatic N) is 1. The molecule has 8 heteroatoms. The van der Waals surface area contributed by atoms with Gasteiger partial charge in [-0.1, -0.05) is 18.9 Å². The fourth-order valence-electron chi connectivity index (χ4n) is 4.07. The maximum Gasteiger partial charge on any atom is 0.303 e. The summed E-state index contributed by atoms with van der Waals surface area (Å²) in [5.74, 6) is -0.752. The molecule has 164 valence electrons. The van der Waals surface area contributed by atoms with E-state index in [9.17, 15) is 14.4 Å². The van der Waals surface area contributed by atoms with Gasteiger partial charge in [0.1, 0.15) is 0 Å². The predicted octanol–water partition coefficient (Wildman–Crippen LogP) is 2.26. The van der Waals surface area contributed by atoms with Crippen molar-refractivity contribution in [3.05, 3.63) is 23.8 Å². The Morgan fingerprint density at radius 1 is 1.17 bits per heavy atom. The summed E-state index contributed by atoms with van der Waals surface area (Å²) in [7, 11) is 3.16. The van der Waals surface area contributed by atoms with E-state index in [4.69, 9.17) is 20.3 Å². The van der Waals surface area contributed by atoms with Gasteiger partial charge >= 0.3 is 5.97 Å². The molecular formula is C22H29NO7. The van der Waals surface area contributed by atoms with Crippen molar-refractivity contribution in [2.24, 2.45) is 0 Å². The molecule has 1 aromatic carbocycles. The molecule has 30 heavy (non-hydrogen) atoms. The SMILES string of the molecule is [2H]C1(OC(C)=O)CC(=O)N([C@@H]2CCCC[C@H]2OCCc2ccc(OC)c(OC)c2)C1=O. The van der Waals surface area contributed by atoms with Gasteiger partial charge in [-0.25, -0.2) is 0 Å². The van der Waals surface area contributed by atoms with Crippen LogP contribution in [-0.4, -0.2) is 61.7 Å². The molecule has 1 heterocycles. The van der Waals surface area contributed by atoms with Crippen molar-refractivity contribution < 1.29 is 34.7 Å². The van der Waals surface area contributed by atoms with Crippen molar-refractivity contribution in [1.82, 2.24) is 4.90 Å². The average Bonchev–Trinajstić information content (AvgIpc) is 2.95.